The summed E-state index contributed by atoms with van der Waals surface area (Å²) in [5.41, 5.74) is -0.717. The summed E-state index contributed by atoms with van der Waals surface area (Å²) in [5, 5.41) is 0. The second-order valence-corrected chi connectivity index (χ2v) is 4.27. The van der Waals surface area contributed by atoms with Crippen LogP contribution in [-0.4, -0.2) is 19.3 Å². The van der Waals surface area contributed by atoms with Crippen LogP contribution in [0.1, 0.15) is 5.56 Å². The van der Waals surface area contributed by atoms with Crippen LogP contribution >= 0.6 is 15.9 Å². The third-order valence-electron chi connectivity index (χ3n) is 2.16. The maximum Gasteiger partial charge on any atom is 0.416 e. The van der Waals surface area contributed by atoms with E-state index in [0.717, 1.165) is 12.1 Å². The summed E-state index contributed by atoms with van der Waals surface area (Å²) < 4.78 is 48.0. The smallest absolute Gasteiger partial charge is 0.416 e. The summed E-state index contributed by atoms with van der Waals surface area (Å²) in [7, 11) is 0. The maximum absolute atomic E-state index is 12.4. The molecular weight excluding hydrogens is 289 g/mol. The molecule has 1 fully saturated rings. The molecule has 0 atom stereocenters. The maximum atomic E-state index is 12.4. The fraction of sp³-hybridized carbons (Fsp3) is 0.400. The quantitative estimate of drug-likeness (QED) is 0.834. The predicted octanol–water partition coefficient (Wildman–Crippen LogP) is 3.25. The van der Waals surface area contributed by atoms with Gasteiger partial charge in [-0.15, -0.1) is 0 Å². The van der Waals surface area contributed by atoms with Crippen LogP contribution in [0, 0.1) is 0 Å². The Morgan fingerprint density at radius 3 is 2.50 bits per heavy atom. The molecule has 2 nitrogen and oxygen atoms in total. The number of hydrogen-bond donors (Lipinski definition) is 0. The van der Waals surface area contributed by atoms with E-state index >= 15 is 0 Å². The average molecular weight is 297 g/mol. The van der Waals surface area contributed by atoms with E-state index in [1.54, 1.807) is 0 Å². The van der Waals surface area contributed by atoms with Crippen molar-refractivity contribution in [1.82, 2.24) is 0 Å². The summed E-state index contributed by atoms with van der Waals surface area (Å²) in [6, 6.07) is 3.33. The van der Waals surface area contributed by atoms with Crippen LogP contribution in [0.3, 0.4) is 0 Å². The first-order chi connectivity index (χ1) is 7.47. The van der Waals surface area contributed by atoms with Crippen molar-refractivity contribution in [2.45, 2.75) is 12.3 Å². The number of halogens is 4. The molecule has 0 aliphatic carbocycles. The molecule has 1 aliphatic heterocycles. The van der Waals surface area contributed by atoms with E-state index in [1.807, 2.05) is 0 Å². The number of benzene rings is 1. The van der Waals surface area contributed by atoms with Crippen molar-refractivity contribution in [3.8, 4) is 5.75 Å². The Morgan fingerprint density at radius 1 is 1.31 bits per heavy atom. The molecule has 0 radical (unpaired) electrons. The summed E-state index contributed by atoms with van der Waals surface area (Å²) in [4.78, 5) is 0. The molecule has 0 aromatic heterocycles. The molecule has 0 amide bonds. The first-order valence-electron chi connectivity index (χ1n) is 4.58. The van der Waals surface area contributed by atoms with Gasteiger partial charge in [-0.3, -0.25) is 0 Å². The van der Waals surface area contributed by atoms with Crippen LogP contribution < -0.4 is 4.74 Å². The van der Waals surface area contributed by atoms with Crippen LogP contribution in [0.2, 0.25) is 0 Å². The van der Waals surface area contributed by atoms with Crippen LogP contribution in [0.25, 0.3) is 0 Å². The molecule has 0 saturated carbocycles. The lowest BCUT2D eigenvalue weighted by Crippen LogP contribution is -2.38. The standard InChI is InChI=1S/C10H8BrF3O2/c11-8-2-1-6(10(12,13)14)3-9(8)16-7-4-15-5-7/h1-3,7H,4-5H2. The molecule has 1 saturated heterocycles. The van der Waals surface area contributed by atoms with E-state index in [9.17, 15) is 13.2 Å². The Bertz CT molecular complexity index is 388. The lowest BCUT2D eigenvalue weighted by Gasteiger charge is -2.27. The number of alkyl halides is 3. The van der Waals surface area contributed by atoms with Crippen LogP contribution in [0.15, 0.2) is 22.7 Å². The summed E-state index contributed by atoms with van der Waals surface area (Å²) in [6.07, 6.45) is -4.51. The average Bonchev–Trinajstić information content (AvgIpc) is 2.11. The van der Waals surface area contributed by atoms with Crippen molar-refractivity contribution in [2.24, 2.45) is 0 Å². The van der Waals surface area contributed by atoms with E-state index in [-0.39, 0.29) is 11.9 Å². The van der Waals surface area contributed by atoms with Crippen molar-refractivity contribution < 1.29 is 22.6 Å². The zero-order chi connectivity index (χ0) is 11.8. The van der Waals surface area contributed by atoms with Gasteiger partial charge in [-0.05, 0) is 34.1 Å². The van der Waals surface area contributed by atoms with Crippen molar-refractivity contribution in [1.29, 1.82) is 0 Å². The number of rotatable bonds is 2. The lowest BCUT2D eigenvalue weighted by molar-refractivity contribution is -0.137. The molecule has 1 aliphatic rings. The molecule has 1 aromatic carbocycles. The van der Waals surface area contributed by atoms with Crippen LogP contribution in [0.4, 0.5) is 13.2 Å². The minimum Gasteiger partial charge on any atom is -0.484 e. The van der Waals surface area contributed by atoms with E-state index in [0.29, 0.717) is 17.7 Å². The third kappa shape index (κ3) is 2.49. The summed E-state index contributed by atoms with van der Waals surface area (Å²) in [5.74, 6) is 0.197. The highest BCUT2D eigenvalue weighted by Gasteiger charge is 2.31. The molecule has 88 valence electrons. The molecule has 6 heteroatoms. The highest BCUT2D eigenvalue weighted by atomic mass is 79.9. The van der Waals surface area contributed by atoms with Crippen LogP contribution in [0.5, 0.6) is 5.75 Å². The predicted molar refractivity (Wildman–Crippen MR) is 54.4 cm³/mol. The highest BCUT2D eigenvalue weighted by molar-refractivity contribution is 9.10. The van der Waals surface area contributed by atoms with Gasteiger partial charge in [0.15, 0.2) is 0 Å². The zero-order valence-corrected chi connectivity index (χ0v) is 9.64. The van der Waals surface area contributed by atoms with Gasteiger partial charge in [-0.2, -0.15) is 13.2 Å². The van der Waals surface area contributed by atoms with Gasteiger partial charge in [0.05, 0.1) is 23.2 Å². The Hall–Kier alpha value is -0.750. The highest BCUT2D eigenvalue weighted by Crippen LogP contribution is 2.35. The molecule has 0 unspecified atom stereocenters. The second kappa shape index (κ2) is 4.25. The third-order valence-corrected chi connectivity index (χ3v) is 2.81. The SMILES string of the molecule is FC(F)(F)c1ccc(Br)c(OC2COC2)c1. The largest absolute Gasteiger partial charge is 0.484 e. The molecule has 0 bridgehead atoms. The second-order valence-electron chi connectivity index (χ2n) is 3.42. The molecule has 16 heavy (non-hydrogen) atoms. The first kappa shape index (κ1) is 11.7. The summed E-state index contributed by atoms with van der Waals surface area (Å²) >= 11 is 3.15. The summed E-state index contributed by atoms with van der Waals surface area (Å²) in [6.45, 7) is 0.839. The molecular formula is C10H8BrF3O2. The number of hydrogen-bond acceptors (Lipinski definition) is 2. The van der Waals surface area contributed by atoms with Crippen LogP contribution in [-0.2, 0) is 10.9 Å². The van der Waals surface area contributed by atoms with Crippen molar-refractivity contribution in [3.63, 3.8) is 0 Å². The molecule has 0 spiro atoms. The first-order valence-corrected chi connectivity index (χ1v) is 5.37. The van der Waals surface area contributed by atoms with Gasteiger partial charge < -0.3 is 9.47 Å². The van der Waals surface area contributed by atoms with E-state index in [2.05, 4.69) is 15.9 Å². The van der Waals surface area contributed by atoms with Gasteiger partial charge in [0, 0.05) is 0 Å². The Balaban J connectivity index is 2.21. The normalized spacial score (nSPS) is 17.0. The van der Waals surface area contributed by atoms with Crippen molar-refractivity contribution in [3.05, 3.63) is 28.2 Å². The van der Waals surface area contributed by atoms with Gasteiger partial charge in [0.2, 0.25) is 0 Å². The van der Waals surface area contributed by atoms with Crippen molar-refractivity contribution in [2.75, 3.05) is 13.2 Å². The lowest BCUT2D eigenvalue weighted by atomic mass is 10.2. The van der Waals surface area contributed by atoms with E-state index in [4.69, 9.17) is 9.47 Å². The Labute approximate surface area is 98.5 Å². The van der Waals surface area contributed by atoms with Gasteiger partial charge in [0.25, 0.3) is 0 Å². The van der Waals surface area contributed by atoms with E-state index < -0.39 is 11.7 Å². The monoisotopic (exact) mass is 296 g/mol. The van der Waals surface area contributed by atoms with Gasteiger partial charge in [-0.25, -0.2) is 0 Å². The zero-order valence-electron chi connectivity index (χ0n) is 8.05. The fourth-order valence-electron chi connectivity index (χ4n) is 1.23. The topological polar surface area (TPSA) is 18.5 Å². The molecule has 0 N–H and O–H groups in total. The Kier molecular flexibility index (Phi) is 3.12. The molecule has 1 aromatic rings. The van der Waals surface area contributed by atoms with E-state index in [1.165, 1.54) is 6.07 Å². The number of ether oxygens (including phenoxy) is 2. The van der Waals surface area contributed by atoms with Gasteiger partial charge >= 0.3 is 6.18 Å². The minimum absolute atomic E-state index is 0.153. The molecule has 1 heterocycles. The Morgan fingerprint density at radius 2 is 2.00 bits per heavy atom. The van der Waals surface area contributed by atoms with Gasteiger partial charge in [0.1, 0.15) is 11.9 Å². The van der Waals surface area contributed by atoms with Gasteiger partial charge in [-0.1, -0.05) is 0 Å². The fourth-order valence-corrected chi connectivity index (χ4v) is 1.57. The van der Waals surface area contributed by atoms with Crippen molar-refractivity contribution >= 4 is 15.9 Å². The molecule has 2 rings (SSSR count). The minimum atomic E-state index is -4.35.